The molecular formula is C27H25N5O4S. The zero-order valence-electron chi connectivity index (χ0n) is 20.5. The van der Waals surface area contributed by atoms with E-state index in [4.69, 9.17) is 4.74 Å². The van der Waals surface area contributed by atoms with Gasteiger partial charge in [-0.2, -0.15) is 5.10 Å². The molecule has 1 amide bonds. The minimum absolute atomic E-state index is 0.0406. The van der Waals surface area contributed by atoms with E-state index in [2.05, 4.69) is 15.4 Å². The maximum Gasteiger partial charge on any atom is 0.271 e. The van der Waals surface area contributed by atoms with Crippen LogP contribution in [0.1, 0.15) is 31.1 Å². The van der Waals surface area contributed by atoms with Crippen molar-refractivity contribution in [2.45, 2.75) is 26.4 Å². The first-order valence-corrected chi connectivity index (χ1v) is 12.5. The molecule has 9 nitrogen and oxygen atoms in total. The Labute approximate surface area is 216 Å². The highest BCUT2D eigenvalue weighted by Crippen LogP contribution is 2.35. The number of rotatable bonds is 6. The zero-order valence-corrected chi connectivity index (χ0v) is 21.3. The first-order chi connectivity index (χ1) is 17.9. The predicted octanol–water partition coefficient (Wildman–Crippen LogP) is 2.80. The van der Waals surface area contributed by atoms with Crippen molar-refractivity contribution in [3.8, 4) is 11.5 Å². The molecular weight excluding hydrogens is 490 g/mol. The van der Waals surface area contributed by atoms with Gasteiger partial charge in [-0.1, -0.05) is 35.6 Å². The van der Waals surface area contributed by atoms with E-state index >= 15 is 0 Å². The van der Waals surface area contributed by atoms with Crippen LogP contribution in [0.3, 0.4) is 0 Å². The summed E-state index contributed by atoms with van der Waals surface area (Å²) in [6.45, 7) is 4.46. The highest BCUT2D eigenvalue weighted by atomic mass is 32.1. The third-order valence-electron chi connectivity index (χ3n) is 6.08. The van der Waals surface area contributed by atoms with Gasteiger partial charge in [-0.15, -0.1) is 0 Å². The second kappa shape index (κ2) is 9.90. The maximum atomic E-state index is 13.7. The number of amides is 1. The van der Waals surface area contributed by atoms with Gasteiger partial charge in [0.1, 0.15) is 0 Å². The van der Waals surface area contributed by atoms with Crippen LogP contribution in [0.25, 0.3) is 6.08 Å². The van der Waals surface area contributed by atoms with Crippen LogP contribution < -0.4 is 24.9 Å². The van der Waals surface area contributed by atoms with Crippen LogP contribution in [0.2, 0.25) is 0 Å². The standard InChI is InChI=1S/C27H25N5O4S/c1-4-31-13-12-19(30-31)15-22-26(35)32-24(17-10-11-20(33)21(14-17)36-3)23(16(2)28-27(32)37-22)25(34)29-18-8-6-5-7-9-18/h5-15,24,33H,4H2,1-3H3,(H,29,34)/b22-15+/t24-/m1/s1. The van der Waals surface area contributed by atoms with Gasteiger partial charge in [-0.05, 0) is 55.8 Å². The van der Waals surface area contributed by atoms with E-state index in [-0.39, 0.29) is 23.0 Å². The molecule has 37 heavy (non-hydrogen) atoms. The molecule has 5 rings (SSSR count). The van der Waals surface area contributed by atoms with Crippen molar-refractivity contribution in [1.82, 2.24) is 14.3 Å². The Morgan fingerprint density at radius 1 is 1.22 bits per heavy atom. The van der Waals surface area contributed by atoms with E-state index in [1.807, 2.05) is 37.4 Å². The summed E-state index contributed by atoms with van der Waals surface area (Å²) in [7, 11) is 1.45. The second-order valence-corrected chi connectivity index (χ2v) is 9.44. The fourth-order valence-corrected chi connectivity index (χ4v) is 5.31. The molecule has 188 valence electrons. The third kappa shape index (κ3) is 4.58. The van der Waals surface area contributed by atoms with Gasteiger partial charge in [0.15, 0.2) is 16.3 Å². The van der Waals surface area contributed by atoms with Crippen LogP contribution in [0.15, 0.2) is 81.9 Å². The fourth-order valence-electron chi connectivity index (χ4n) is 4.28. The van der Waals surface area contributed by atoms with Gasteiger partial charge in [0.25, 0.3) is 11.5 Å². The van der Waals surface area contributed by atoms with E-state index in [0.717, 1.165) is 6.54 Å². The molecule has 1 atom stereocenters. The average molecular weight is 516 g/mol. The van der Waals surface area contributed by atoms with E-state index in [1.54, 1.807) is 41.9 Å². The second-order valence-electron chi connectivity index (χ2n) is 8.43. The fraction of sp³-hybridized carbons (Fsp3) is 0.185. The molecule has 0 radical (unpaired) electrons. The Hall–Kier alpha value is -4.44. The molecule has 4 aromatic rings. The molecule has 2 N–H and O–H groups in total. The van der Waals surface area contributed by atoms with Crippen LogP contribution in [0.5, 0.6) is 11.5 Å². The summed E-state index contributed by atoms with van der Waals surface area (Å²) in [6.07, 6.45) is 3.58. The number of carbonyl (C=O) groups is 1. The number of carbonyl (C=O) groups excluding carboxylic acids is 1. The van der Waals surface area contributed by atoms with Crippen LogP contribution in [-0.4, -0.2) is 32.5 Å². The molecule has 1 aliphatic heterocycles. The molecule has 0 saturated carbocycles. The van der Waals surface area contributed by atoms with E-state index in [0.29, 0.717) is 37.5 Å². The normalized spacial score (nSPS) is 15.3. The summed E-state index contributed by atoms with van der Waals surface area (Å²) in [5, 5.41) is 17.6. The number of nitrogens with zero attached hydrogens (tertiary/aromatic N) is 4. The lowest BCUT2D eigenvalue weighted by Crippen LogP contribution is -2.40. The molecule has 0 bridgehead atoms. The predicted molar refractivity (Wildman–Crippen MR) is 141 cm³/mol. The number of fused-ring (bicyclic) bond motifs is 1. The van der Waals surface area contributed by atoms with Crippen molar-refractivity contribution in [2.24, 2.45) is 4.99 Å². The Morgan fingerprint density at radius 2 is 2.00 bits per heavy atom. The number of para-hydroxylation sites is 1. The van der Waals surface area contributed by atoms with Crippen molar-refractivity contribution >= 4 is 29.0 Å². The molecule has 0 unspecified atom stereocenters. The molecule has 3 heterocycles. The minimum Gasteiger partial charge on any atom is -0.504 e. The van der Waals surface area contributed by atoms with Gasteiger partial charge in [0.05, 0.1) is 34.6 Å². The average Bonchev–Trinajstić information content (AvgIpc) is 3.48. The third-order valence-corrected chi connectivity index (χ3v) is 7.06. The number of methoxy groups -OCH3 is 1. The number of aromatic hydroxyl groups is 1. The molecule has 2 aromatic carbocycles. The van der Waals surface area contributed by atoms with Gasteiger partial charge in [0.2, 0.25) is 0 Å². The summed E-state index contributed by atoms with van der Waals surface area (Å²) in [5.41, 5.74) is 2.42. The summed E-state index contributed by atoms with van der Waals surface area (Å²) in [5.74, 6) is -0.177. The molecule has 0 saturated heterocycles. The number of phenols is 1. The maximum absolute atomic E-state index is 13.7. The summed E-state index contributed by atoms with van der Waals surface area (Å²) < 4.78 is 9.07. The number of nitrogens with one attached hydrogen (secondary N) is 1. The molecule has 2 aromatic heterocycles. The lowest BCUT2D eigenvalue weighted by Gasteiger charge is -2.25. The van der Waals surface area contributed by atoms with Crippen molar-refractivity contribution in [1.29, 1.82) is 0 Å². The smallest absolute Gasteiger partial charge is 0.271 e. The highest BCUT2D eigenvalue weighted by molar-refractivity contribution is 7.07. The SMILES string of the molecule is CCn1ccc(/C=c2/sc3n(c2=O)[C@H](c2ccc(O)c(OC)c2)C(C(=O)Nc2ccccc2)=C(C)N=3)n1. The summed E-state index contributed by atoms with van der Waals surface area (Å²) >= 11 is 1.24. The highest BCUT2D eigenvalue weighted by Gasteiger charge is 2.33. The van der Waals surface area contributed by atoms with Gasteiger partial charge >= 0.3 is 0 Å². The molecule has 1 aliphatic rings. The number of thiazole rings is 1. The number of aryl methyl sites for hydroxylation is 1. The van der Waals surface area contributed by atoms with Gasteiger partial charge < -0.3 is 15.2 Å². The molecule has 0 spiro atoms. The number of aromatic nitrogens is 3. The van der Waals surface area contributed by atoms with E-state index in [9.17, 15) is 14.7 Å². The van der Waals surface area contributed by atoms with Gasteiger partial charge in [-0.25, -0.2) is 4.99 Å². The quantitative estimate of drug-likeness (QED) is 0.410. The van der Waals surface area contributed by atoms with Crippen LogP contribution in [0.4, 0.5) is 5.69 Å². The number of hydrogen-bond donors (Lipinski definition) is 2. The number of anilines is 1. The van der Waals surface area contributed by atoms with E-state index in [1.165, 1.54) is 29.1 Å². The molecule has 10 heteroatoms. The van der Waals surface area contributed by atoms with Crippen molar-refractivity contribution < 1.29 is 14.6 Å². The number of ether oxygens (including phenoxy) is 1. The Morgan fingerprint density at radius 3 is 2.70 bits per heavy atom. The zero-order chi connectivity index (χ0) is 26.1. The topological polar surface area (TPSA) is 111 Å². The number of phenolic OH excluding ortho intramolecular Hbond substituents is 1. The molecule has 0 aliphatic carbocycles. The van der Waals surface area contributed by atoms with Crippen LogP contribution in [-0.2, 0) is 11.3 Å². The van der Waals surface area contributed by atoms with Crippen LogP contribution >= 0.6 is 11.3 Å². The minimum atomic E-state index is -0.787. The van der Waals surface area contributed by atoms with Crippen molar-refractivity contribution in [2.75, 3.05) is 12.4 Å². The summed E-state index contributed by atoms with van der Waals surface area (Å²) in [6, 6.07) is 14.9. The van der Waals surface area contributed by atoms with Crippen LogP contribution in [0, 0.1) is 0 Å². The Bertz CT molecular complexity index is 1700. The first-order valence-electron chi connectivity index (χ1n) is 11.7. The van der Waals surface area contributed by atoms with E-state index < -0.39 is 6.04 Å². The van der Waals surface area contributed by atoms with Gasteiger partial charge in [0, 0.05) is 18.4 Å². The van der Waals surface area contributed by atoms with Crippen molar-refractivity contribution in [3.63, 3.8) is 0 Å². The lowest BCUT2D eigenvalue weighted by atomic mass is 9.94. The molecule has 0 fully saturated rings. The first kappa shape index (κ1) is 24.3. The van der Waals surface area contributed by atoms with Gasteiger partial charge in [-0.3, -0.25) is 18.8 Å². The monoisotopic (exact) mass is 515 g/mol. The number of benzene rings is 2. The Balaban J connectivity index is 1.69. The van der Waals surface area contributed by atoms with Crippen molar-refractivity contribution in [3.05, 3.63) is 103 Å². The number of allylic oxidation sites excluding steroid dienone is 1. The number of hydrogen-bond acceptors (Lipinski definition) is 7. The summed E-state index contributed by atoms with van der Waals surface area (Å²) in [4.78, 5) is 32.5. The largest absolute Gasteiger partial charge is 0.504 e. The Kier molecular flexibility index (Phi) is 6.49. The lowest BCUT2D eigenvalue weighted by molar-refractivity contribution is -0.113.